The Balaban J connectivity index is 2.01. The Hall–Kier alpha value is -1.82. The highest BCUT2D eigenvalue weighted by atomic mass is 16.5. The van der Waals surface area contributed by atoms with Gasteiger partial charge in [-0.15, -0.1) is 0 Å². The van der Waals surface area contributed by atoms with E-state index in [0.717, 1.165) is 36.1 Å². The molecule has 0 spiro atoms. The molecule has 0 radical (unpaired) electrons. The minimum Gasteiger partial charge on any atom is -0.504 e. The smallest absolute Gasteiger partial charge is 0.162 e. The summed E-state index contributed by atoms with van der Waals surface area (Å²) in [5.41, 5.74) is 3.22. The first-order valence-electron chi connectivity index (χ1n) is 8.34. The van der Waals surface area contributed by atoms with E-state index in [0.29, 0.717) is 11.3 Å². The fourth-order valence-corrected chi connectivity index (χ4v) is 4.68. The van der Waals surface area contributed by atoms with Crippen molar-refractivity contribution in [2.24, 2.45) is 0 Å². The molecule has 1 heterocycles. The van der Waals surface area contributed by atoms with Crippen LogP contribution in [0.3, 0.4) is 0 Å². The van der Waals surface area contributed by atoms with Crippen molar-refractivity contribution in [2.45, 2.75) is 30.4 Å². The van der Waals surface area contributed by atoms with Crippen LogP contribution in [0.15, 0.2) is 35.4 Å². The van der Waals surface area contributed by atoms with Gasteiger partial charge in [0.15, 0.2) is 11.5 Å². The Morgan fingerprint density at radius 1 is 1.38 bits per heavy atom. The highest BCUT2D eigenvalue weighted by Gasteiger charge is 2.51. The Kier molecular flexibility index (Phi) is 3.49. The average Bonchev–Trinajstić information content (AvgIpc) is 2.58. The van der Waals surface area contributed by atoms with Crippen molar-refractivity contribution in [3.63, 3.8) is 0 Å². The van der Waals surface area contributed by atoms with Crippen molar-refractivity contribution in [1.82, 2.24) is 4.90 Å². The number of allylic oxidation sites excluding steroid dienone is 1. The summed E-state index contributed by atoms with van der Waals surface area (Å²) in [5.74, 6) is 0.638. The second kappa shape index (κ2) is 5.34. The van der Waals surface area contributed by atoms with Crippen LogP contribution in [0, 0.1) is 0 Å². The number of likely N-dealkylation sites (tertiary alicyclic amines) is 1. The maximum Gasteiger partial charge on any atom is 0.162 e. The maximum atomic E-state index is 10.9. The lowest BCUT2D eigenvalue weighted by molar-refractivity contribution is 0.165. The Morgan fingerprint density at radius 2 is 2.17 bits per heavy atom. The van der Waals surface area contributed by atoms with E-state index >= 15 is 0 Å². The molecule has 1 aromatic rings. The largest absolute Gasteiger partial charge is 0.504 e. The van der Waals surface area contributed by atoms with Gasteiger partial charge in [0.1, 0.15) is 0 Å². The normalized spacial score (nSPS) is 31.7. The summed E-state index contributed by atoms with van der Waals surface area (Å²) < 4.78 is 5.32. The fourth-order valence-electron chi connectivity index (χ4n) is 4.68. The quantitative estimate of drug-likeness (QED) is 0.709. The number of hydrogen-bond donors (Lipinski definition) is 3. The number of aliphatic hydroxyl groups excluding tert-OH is 2. The summed E-state index contributed by atoms with van der Waals surface area (Å²) >= 11 is 0. The van der Waals surface area contributed by atoms with E-state index in [1.54, 1.807) is 7.11 Å². The second-order valence-electron chi connectivity index (χ2n) is 7.02. The van der Waals surface area contributed by atoms with Crippen LogP contribution in [-0.2, 0) is 11.8 Å². The monoisotopic (exact) mass is 329 g/mol. The number of hydrogen-bond acceptors (Lipinski definition) is 5. The van der Waals surface area contributed by atoms with Crippen molar-refractivity contribution in [2.75, 3.05) is 27.3 Å². The summed E-state index contributed by atoms with van der Waals surface area (Å²) in [6, 6.07) is 4.03. The number of aliphatic hydroxyl groups is 2. The van der Waals surface area contributed by atoms with Gasteiger partial charge in [-0.1, -0.05) is 12.1 Å². The molecule has 3 aliphatic rings. The lowest BCUT2D eigenvalue weighted by atomic mass is 9.58. The zero-order chi connectivity index (χ0) is 17.1. The van der Waals surface area contributed by atoms with E-state index < -0.39 is 11.5 Å². The zero-order valence-corrected chi connectivity index (χ0v) is 14.0. The Bertz CT molecular complexity index is 754. The van der Waals surface area contributed by atoms with Crippen molar-refractivity contribution in [3.05, 3.63) is 46.6 Å². The topological polar surface area (TPSA) is 73.2 Å². The molecule has 1 saturated heterocycles. The van der Waals surface area contributed by atoms with Gasteiger partial charge < -0.3 is 20.1 Å². The third kappa shape index (κ3) is 1.92. The van der Waals surface area contributed by atoms with E-state index in [-0.39, 0.29) is 18.4 Å². The van der Waals surface area contributed by atoms with E-state index in [2.05, 4.69) is 11.9 Å². The molecule has 0 amide bonds. The fraction of sp³-hybridized carbons (Fsp3) is 0.474. The summed E-state index contributed by atoms with van der Waals surface area (Å²) in [6.45, 7) is 0.705. The molecule has 5 nitrogen and oxygen atoms in total. The molecule has 1 aliphatic heterocycles. The predicted molar refractivity (Wildman–Crippen MR) is 90.3 cm³/mol. The van der Waals surface area contributed by atoms with Crippen LogP contribution >= 0.6 is 0 Å². The summed E-state index contributed by atoms with van der Waals surface area (Å²) in [7, 11) is 3.65. The third-order valence-electron chi connectivity index (χ3n) is 5.90. The molecular formula is C19H23NO4. The first-order valence-corrected chi connectivity index (χ1v) is 8.34. The Morgan fingerprint density at radius 3 is 2.88 bits per heavy atom. The van der Waals surface area contributed by atoms with E-state index in [1.807, 2.05) is 24.3 Å². The van der Waals surface area contributed by atoms with Crippen LogP contribution in [0.2, 0.25) is 0 Å². The van der Waals surface area contributed by atoms with E-state index in [9.17, 15) is 15.3 Å². The van der Waals surface area contributed by atoms with Crippen LogP contribution in [0.4, 0.5) is 0 Å². The number of rotatable bonds is 2. The van der Waals surface area contributed by atoms with Crippen LogP contribution in [0.5, 0.6) is 11.5 Å². The summed E-state index contributed by atoms with van der Waals surface area (Å²) in [5, 5.41) is 30.9. The van der Waals surface area contributed by atoms with Gasteiger partial charge >= 0.3 is 0 Å². The molecule has 4 rings (SSSR count). The van der Waals surface area contributed by atoms with Crippen LogP contribution in [0.25, 0.3) is 0 Å². The number of methoxy groups -OCH3 is 1. The molecular weight excluding hydrogens is 306 g/mol. The van der Waals surface area contributed by atoms with Gasteiger partial charge in [0.25, 0.3) is 0 Å². The first kappa shape index (κ1) is 15.7. The molecule has 1 aromatic carbocycles. The van der Waals surface area contributed by atoms with Gasteiger partial charge in [-0.3, -0.25) is 4.90 Å². The van der Waals surface area contributed by atoms with Crippen molar-refractivity contribution >= 4 is 0 Å². The minimum atomic E-state index is -0.763. The van der Waals surface area contributed by atoms with E-state index in [4.69, 9.17) is 4.74 Å². The number of ether oxygens (including phenoxy) is 1. The van der Waals surface area contributed by atoms with Gasteiger partial charge in [0.05, 0.1) is 19.8 Å². The maximum absolute atomic E-state index is 10.9. The predicted octanol–water partition coefficient (Wildman–Crippen LogP) is 1.12. The minimum absolute atomic E-state index is 0.175. The van der Waals surface area contributed by atoms with E-state index in [1.165, 1.54) is 0 Å². The zero-order valence-electron chi connectivity index (χ0n) is 14.0. The number of benzene rings is 1. The number of phenolic OH excluding ortho intramolecular Hbond substituents is 1. The van der Waals surface area contributed by atoms with Crippen molar-refractivity contribution in [3.8, 4) is 11.5 Å². The Labute approximate surface area is 141 Å². The van der Waals surface area contributed by atoms with Crippen molar-refractivity contribution < 1.29 is 20.1 Å². The van der Waals surface area contributed by atoms with Gasteiger partial charge in [0, 0.05) is 17.0 Å². The number of likely N-dealkylation sites (N-methyl/N-ethyl adjacent to an activating group) is 1. The lowest BCUT2D eigenvalue weighted by Crippen LogP contribution is -2.54. The molecule has 0 aromatic heterocycles. The highest BCUT2D eigenvalue weighted by Crippen LogP contribution is 2.55. The van der Waals surface area contributed by atoms with Gasteiger partial charge in [0.2, 0.25) is 0 Å². The van der Waals surface area contributed by atoms with Gasteiger partial charge in [-0.05, 0) is 55.3 Å². The second-order valence-corrected chi connectivity index (χ2v) is 7.02. The molecule has 3 atom stereocenters. The van der Waals surface area contributed by atoms with Crippen LogP contribution in [-0.4, -0.2) is 59.7 Å². The number of phenols is 1. The molecule has 0 unspecified atom stereocenters. The first-order chi connectivity index (χ1) is 11.5. The molecule has 24 heavy (non-hydrogen) atoms. The number of fused-ring (bicyclic) bond motifs is 1. The molecule has 3 N–H and O–H groups in total. The van der Waals surface area contributed by atoms with Gasteiger partial charge in [-0.25, -0.2) is 0 Å². The molecule has 2 bridgehead atoms. The number of piperidine rings is 1. The number of aromatic hydroxyl groups is 1. The summed E-state index contributed by atoms with van der Waals surface area (Å²) in [4.78, 5) is 2.30. The average molecular weight is 329 g/mol. The van der Waals surface area contributed by atoms with Crippen LogP contribution in [0.1, 0.15) is 17.5 Å². The molecule has 2 aliphatic carbocycles. The molecule has 0 saturated carbocycles. The SMILES string of the molecule is COc1ccc2c(c1O)[C@@]13C=C(CO)[C@@H](O)C=C1[C@H](C2)N(C)CC3. The standard InChI is InChI=1S/C19H23NO4/c1-20-6-5-19-9-12(10-21)15(22)8-13(19)14(20)7-11-3-4-16(24-2)18(23)17(11)19/h3-4,8-9,14-15,21-23H,5-7,10H2,1-2H3/t14-,15-,19-/m0/s1. The molecule has 5 heteroatoms. The lowest BCUT2D eigenvalue weighted by Gasteiger charge is -2.53. The number of nitrogens with zero attached hydrogens (tertiary/aromatic N) is 1. The molecule has 128 valence electrons. The highest BCUT2D eigenvalue weighted by molar-refractivity contribution is 5.64. The third-order valence-corrected chi connectivity index (χ3v) is 5.90. The van der Waals surface area contributed by atoms with Gasteiger partial charge in [-0.2, -0.15) is 0 Å². The molecule has 1 fully saturated rings. The van der Waals surface area contributed by atoms with Crippen LogP contribution < -0.4 is 4.74 Å². The van der Waals surface area contributed by atoms with Crippen molar-refractivity contribution in [1.29, 1.82) is 0 Å². The summed E-state index contributed by atoms with van der Waals surface area (Å²) in [6.07, 6.45) is 4.68.